The molecule has 1 aliphatic heterocycles. The molecular weight excluding hydrogens is 383 g/mol. The minimum atomic E-state index is -0.266. The minimum Gasteiger partial charge on any atom is -0.507 e. The first-order chi connectivity index (χ1) is 14.6. The van der Waals surface area contributed by atoms with Crippen LogP contribution < -0.4 is 10.1 Å². The van der Waals surface area contributed by atoms with E-state index in [1.54, 1.807) is 18.2 Å². The van der Waals surface area contributed by atoms with E-state index < -0.39 is 0 Å². The number of halogens is 1. The van der Waals surface area contributed by atoms with Gasteiger partial charge in [0.1, 0.15) is 17.4 Å². The first kappa shape index (κ1) is 18.4. The van der Waals surface area contributed by atoms with Gasteiger partial charge < -0.3 is 15.2 Å². The van der Waals surface area contributed by atoms with Gasteiger partial charge in [0.2, 0.25) is 11.8 Å². The van der Waals surface area contributed by atoms with Gasteiger partial charge >= 0.3 is 0 Å². The number of aromatic hydroxyl groups is 1. The van der Waals surface area contributed by atoms with Gasteiger partial charge in [0.25, 0.3) is 0 Å². The quantitative estimate of drug-likeness (QED) is 0.524. The van der Waals surface area contributed by atoms with Gasteiger partial charge in [-0.2, -0.15) is 9.97 Å². The van der Waals surface area contributed by atoms with Gasteiger partial charge in [0, 0.05) is 17.6 Å². The Bertz CT molecular complexity index is 1250. The van der Waals surface area contributed by atoms with E-state index in [1.165, 1.54) is 12.1 Å². The first-order valence-electron chi connectivity index (χ1n) is 9.92. The highest BCUT2D eigenvalue weighted by molar-refractivity contribution is 5.88. The second kappa shape index (κ2) is 7.33. The van der Waals surface area contributed by atoms with E-state index in [2.05, 4.69) is 10.3 Å². The molecule has 0 atom stereocenters. The van der Waals surface area contributed by atoms with Crippen molar-refractivity contribution in [3.8, 4) is 17.6 Å². The Morgan fingerprint density at radius 3 is 2.90 bits per heavy atom. The monoisotopic (exact) mass is 404 g/mol. The van der Waals surface area contributed by atoms with Gasteiger partial charge in [0.05, 0.1) is 17.7 Å². The molecule has 6 nitrogen and oxygen atoms in total. The predicted molar refractivity (Wildman–Crippen MR) is 113 cm³/mol. The van der Waals surface area contributed by atoms with Crippen molar-refractivity contribution < 1.29 is 14.2 Å². The molecule has 0 saturated heterocycles. The van der Waals surface area contributed by atoms with Crippen LogP contribution in [0.3, 0.4) is 0 Å². The van der Waals surface area contributed by atoms with Gasteiger partial charge in [-0.1, -0.05) is 18.2 Å². The zero-order chi connectivity index (χ0) is 20.7. The van der Waals surface area contributed by atoms with Gasteiger partial charge in [-0.15, -0.1) is 0 Å². The van der Waals surface area contributed by atoms with E-state index in [4.69, 9.17) is 9.72 Å². The van der Waals surface area contributed by atoms with Gasteiger partial charge in [-0.3, -0.25) is 4.57 Å². The summed E-state index contributed by atoms with van der Waals surface area (Å²) in [6.07, 6.45) is 1.71. The van der Waals surface area contributed by atoms with E-state index in [1.807, 2.05) is 29.7 Å². The van der Waals surface area contributed by atoms with E-state index >= 15 is 0 Å². The molecule has 4 aromatic rings. The maximum Gasteiger partial charge on any atom is 0.239 e. The molecule has 0 fully saturated rings. The highest BCUT2D eigenvalue weighted by Gasteiger charge is 2.21. The smallest absolute Gasteiger partial charge is 0.239 e. The molecule has 7 heteroatoms. The number of phenolic OH excluding ortho intramolecular Hbond substituents is 1. The molecule has 2 N–H and O–H groups in total. The zero-order valence-corrected chi connectivity index (χ0v) is 16.5. The van der Waals surface area contributed by atoms with Crippen molar-refractivity contribution in [3.63, 3.8) is 0 Å². The summed E-state index contributed by atoms with van der Waals surface area (Å²) in [5, 5.41) is 14.3. The number of hydrogen-bond donors (Lipinski definition) is 2. The molecular formula is C23H21FN4O2. The molecule has 1 aliphatic rings. The minimum absolute atomic E-state index is 0.216. The number of benzene rings is 2. The van der Waals surface area contributed by atoms with Crippen LogP contribution in [0, 0.1) is 12.7 Å². The molecule has 152 valence electrons. The summed E-state index contributed by atoms with van der Waals surface area (Å²) in [5.41, 5.74) is 3.48. The highest BCUT2D eigenvalue weighted by atomic mass is 19.1. The fraction of sp³-hybridized carbons (Fsp3) is 0.217. The predicted octanol–water partition coefficient (Wildman–Crippen LogP) is 4.51. The molecule has 0 saturated carbocycles. The van der Waals surface area contributed by atoms with Crippen LogP contribution in [0.25, 0.3) is 16.9 Å². The van der Waals surface area contributed by atoms with Crippen molar-refractivity contribution in [1.29, 1.82) is 0 Å². The van der Waals surface area contributed by atoms with Crippen LogP contribution in [0.1, 0.15) is 23.2 Å². The SMILES string of the molecule is Cc1cc2c(O)cccc2n1-c1nc(NCc2cccc(F)c2)c2c(n1)OCCC2. The topological polar surface area (TPSA) is 72.2 Å². The lowest BCUT2D eigenvalue weighted by atomic mass is 10.1. The summed E-state index contributed by atoms with van der Waals surface area (Å²) in [7, 11) is 0. The molecule has 30 heavy (non-hydrogen) atoms. The second-order valence-electron chi connectivity index (χ2n) is 7.42. The van der Waals surface area contributed by atoms with Crippen LogP contribution in [0.5, 0.6) is 11.6 Å². The van der Waals surface area contributed by atoms with Crippen LogP contribution in [0.2, 0.25) is 0 Å². The largest absolute Gasteiger partial charge is 0.507 e. The average molecular weight is 404 g/mol. The van der Waals surface area contributed by atoms with Gasteiger partial charge in [-0.05, 0) is 55.7 Å². The fourth-order valence-corrected chi connectivity index (χ4v) is 3.91. The number of hydrogen-bond acceptors (Lipinski definition) is 5. The molecule has 0 amide bonds. The van der Waals surface area contributed by atoms with Gasteiger partial charge in [-0.25, -0.2) is 4.39 Å². The molecule has 2 aromatic heterocycles. The lowest BCUT2D eigenvalue weighted by Crippen LogP contribution is -2.17. The molecule has 0 bridgehead atoms. The molecule has 0 unspecified atom stereocenters. The fourth-order valence-electron chi connectivity index (χ4n) is 3.91. The van der Waals surface area contributed by atoms with Crippen molar-refractivity contribution in [3.05, 3.63) is 71.2 Å². The summed E-state index contributed by atoms with van der Waals surface area (Å²) in [6, 6.07) is 13.8. The molecule has 0 spiro atoms. The van der Waals surface area contributed by atoms with Crippen LogP contribution in [-0.2, 0) is 13.0 Å². The number of ether oxygens (including phenoxy) is 1. The summed E-state index contributed by atoms with van der Waals surface area (Å²) >= 11 is 0. The lowest BCUT2D eigenvalue weighted by Gasteiger charge is -2.21. The van der Waals surface area contributed by atoms with Crippen LogP contribution in [0.15, 0.2) is 48.5 Å². The number of rotatable bonds is 4. The second-order valence-corrected chi connectivity index (χ2v) is 7.42. The molecule has 3 heterocycles. The Kier molecular flexibility index (Phi) is 4.50. The Labute approximate surface area is 173 Å². The van der Waals surface area contributed by atoms with E-state index in [0.717, 1.165) is 40.6 Å². The molecule has 0 aliphatic carbocycles. The number of aromatic nitrogens is 3. The van der Waals surface area contributed by atoms with Crippen molar-refractivity contribution in [2.45, 2.75) is 26.3 Å². The number of anilines is 1. The van der Waals surface area contributed by atoms with Crippen molar-refractivity contribution in [2.75, 3.05) is 11.9 Å². The van der Waals surface area contributed by atoms with E-state index in [-0.39, 0.29) is 11.6 Å². The number of fused-ring (bicyclic) bond motifs is 2. The van der Waals surface area contributed by atoms with Crippen molar-refractivity contribution >= 4 is 16.7 Å². The zero-order valence-electron chi connectivity index (χ0n) is 16.5. The molecule has 5 rings (SSSR count). The van der Waals surface area contributed by atoms with Crippen LogP contribution in [-0.4, -0.2) is 26.2 Å². The molecule has 2 aromatic carbocycles. The maximum absolute atomic E-state index is 13.5. The average Bonchev–Trinajstić information content (AvgIpc) is 3.09. The normalized spacial score (nSPS) is 13.1. The van der Waals surface area contributed by atoms with Crippen molar-refractivity contribution in [1.82, 2.24) is 14.5 Å². The third-order valence-corrected chi connectivity index (χ3v) is 5.32. The number of nitrogens with zero attached hydrogens (tertiary/aromatic N) is 3. The maximum atomic E-state index is 13.5. The summed E-state index contributed by atoms with van der Waals surface area (Å²) in [5.74, 6) is 1.66. The van der Waals surface area contributed by atoms with E-state index in [9.17, 15) is 9.50 Å². The van der Waals surface area contributed by atoms with Crippen LogP contribution >= 0.6 is 0 Å². The van der Waals surface area contributed by atoms with Gasteiger partial charge in [0.15, 0.2) is 0 Å². The Morgan fingerprint density at radius 1 is 1.17 bits per heavy atom. The standard InChI is InChI=1S/C23H21FN4O2/c1-14-11-18-19(8-3-9-20(18)29)28(14)23-26-21(17-7-4-10-30-22(17)27-23)25-13-15-5-2-6-16(24)12-15/h2-3,5-6,8-9,11-12,29H,4,7,10,13H2,1H3,(H,25,26,27). The highest BCUT2D eigenvalue weighted by Crippen LogP contribution is 2.33. The Hall–Kier alpha value is -3.61. The Balaban J connectivity index is 1.60. The number of nitrogens with one attached hydrogen (secondary N) is 1. The summed E-state index contributed by atoms with van der Waals surface area (Å²) in [6.45, 7) is 2.99. The Morgan fingerprint density at radius 2 is 2.03 bits per heavy atom. The van der Waals surface area contributed by atoms with Crippen molar-refractivity contribution in [2.24, 2.45) is 0 Å². The third-order valence-electron chi connectivity index (χ3n) is 5.32. The number of phenols is 1. The lowest BCUT2D eigenvalue weighted by molar-refractivity contribution is 0.275. The third kappa shape index (κ3) is 3.22. The summed E-state index contributed by atoms with van der Waals surface area (Å²) in [4.78, 5) is 9.47. The number of aryl methyl sites for hydroxylation is 1. The van der Waals surface area contributed by atoms with E-state index in [0.29, 0.717) is 30.8 Å². The van der Waals surface area contributed by atoms with Crippen LogP contribution in [0.4, 0.5) is 10.2 Å². The molecule has 0 radical (unpaired) electrons. The first-order valence-corrected chi connectivity index (χ1v) is 9.92. The summed E-state index contributed by atoms with van der Waals surface area (Å²) < 4.78 is 21.3.